The van der Waals surface area contributed by atoms with Gasteiger partial charge in [0.1, 0.15) is 5.82 Å². The summed E-state index contributed by atoms with van der Waals surface area (Å²) in [6.07, 6.45) is 0. The zero-order chi connectivity index (χ0) is 11.7. The third kappa shape index (κ3) is 1.72. The van der Waals surface area contributed by atoms with Crippen molar-refractivity contribution in [1.82, 2.24) is 0 Å². The van der Waals surface area contributed by atoms with E-state index in [2.05, 4.69) is 0 Å². The molecule has 1 N–H and O–H groups in total. The lowest BCUT2D eigenvalue weighted by atomic mass is 10.1. The molecule has 0 saturated heterocycles. The van der Waals surface area contributed by atoms with Crippen LogP contribution in [0.5, 0.6) is 0 Å². The van der Waals surface area contributed by atoms with E-state index in [9.17, 15) is 9.18 Å². The van der Waals surface area contributed by atoms with Crippen molar-refractivity contribution in [1.29, 1.82) is 0 Å². The average molecular weight is 236 g/mol. The molecule has 82 valence electrons. The van der Waals surface area contributed by atoms with Crippen LogP contribution >= 0.6 is 11.3 Å². The lowest BCUT2D eigenvalue weighted by Crippen LogP contribution is -1.96. The molecular weight excluding hydrogens is 227 g/mol. The second-order valence-corrected chi connectivity index (χ2v) is 4.27. The highest BCUT2D eigenvalue weighted by Gasteiger charge is 2.16. The lowest BCUT2D eigenvalue weighted by Gasteiger charge is -2.01. The maximum absolute atomic E-state index is 13.5. The highest BCUT2D eigenvalue weighted by molar-refractivity contribution is 7.14. The third-order valence-electron chi connectivity index (χ3n) is 2.39. The molecule has 0 aliphatic heterocycles. The van der Waals surface area contributed by atoms with Gasteiger partial charge in [0.25, 0.3) is 0 Å². The monoisotopic (exact) mass is 236 g/mol. The van der Waals surface area contributed by atoms with Crippen molar-refractivity contribution in [2.75, 3.05) is 0 Å². The molecule has 16 heavy (non-hydrogen) atoms. The molecule has 2 nitrogen and oxygen atoms in total. The van der Waals surface area contributed by atoms with Crippen LogP contribution < -0.4 is 0 Å². The normalized spacial score (nSPS) is 10.4. The predicted octanol–water partition coefficient (Wildman–Crippen LogP) is 3.56. The molecule has 0 unspecified atom stereocenters. The Morgan fingerprint density at radius 1 is 1.38 bits per heavy atom. The fourth-order valence-corrected chi connectivity index (χ4v) is 2.63. The van der Waals surface area contributed by atoms with Crippen molar-refractivity contribution < 1.29 is 14.3 Å². The van der Waals surface area contributed by atoms with Gasteiger partial charge in [0.2, 0.25) is 0 Å². The number of carboxylic acids is 1. The van der Waals surface area contributed by atoms with Crippen LogP contribution in [-0.4, -0.2) is 11.1 Å². The van der Waals surface area contributed by atoms with E-state index in [-0.39, 0.29) is 11.4 Å². The maximum atomic E-state index is 13.5. The van der Waals surface area contributed by atoms with E-state index in [1.54, 1.807) is 30.5 Å². The van der Waals surface area contributed by atoms with Crippen LogP contribution in [0.25, 0.3) is 10.4 Å². The second-order valence-electron chi connectivity index (χ2n) is 3.39. The van der Waals surface area contributed by atoms with Crippen LogP contribution in [0.3, 0.4) is 0 Å². The van der Waals surface area contributed by atoms with Gasteiger partial charge in [-0.05, 0) is 18.6 Å². The number of rotatable bonds is 2. The zero-order valence-electron chi connectivity index (χ0n) is 8.53. The first kappa shape index (κ1) is 10.8. The Kier molecular flexibility index (Phi) is 2.75. The van der Waals surface area contributed by atoms with Gasteiger partial charge in [-0.3, -0.25) is 0 Å². The van der Waals surface area contributed by atoms with Crippen LogP contribution in [0.15, 0.2) is 29.6 Å². The topological polar surface area (TPSA) is 37.3 Å². The van der Waals surface area contributed by atoms with Crippen molar-refractivity contribution in [2.45, 2.75) is 6.92 Å². The highest BCUT2D eigenvalue weighted by atomic mass is 32.1. The van der Waals surface area contributed by atoms with Crippen molar-refractivity contribution in [3.05, 3.63) is 46.6 Å². The molecule has 0 spiro atoms. The molecule has 0 bridgehead atoms. The summed E-state index contributed by atoms with van der Waals surface area (Å²) in [5.41, 5.74) is 1.31. The SMILES string of the molecule is Cc1c(C(=O)O)csc1-c1ccccc1F. The number of benzene rings is 1. The quantitative estimate of drug-likeness (QED) is 0.865. The molecule has 0 amide bonds. The minimum absolute atomic E-state index is 0.239. The van der Waals surface area contributed by atoms with Crippen LogP contribution in [0.1, 0.15) is 15.9 Å². The number of thiophene rings is 1. The van der Waals surface area contributed by atoms with Gasteiger partial charge in [-0.15, -0.1) is 11.3 Å². The zero-order valence-corrected chi connectivity index (χ0v) is 9.34. The molecule has 0 saturated carbocycles. The number of aromatic carboxylic acids is 1. The molecule has 0 radical (unpaired) electrons. The molecule has 1 aromatic carbocycles. The number of carboxylic acid groups (broad SMARTS) is 1. The largest absolute Gasteiger partial charge is 0.478 e. The molecule has 0 fully saturated rings. The second kappa shape index (κ2) is 4.06. The van der Waals surface area contributed by atoms with Crippen LogP contribution in [0.4, 0.5) is 4.39 Å². The minimum atomic E-state index is -0.976. The molecule has 2 rings (SSSR count). The van der Waals surface area contributed by atoms with E-state index in [4.69, 9.17) is 5.11 Å². The third-order valence-corrected chi connectivity index (χ3v) is 3.50. The summed E-state index contributed by atoms with van der Waals surface area (Å²) in [6.45, 7) is 1.70. The number of hydrogen-bond donors (Lipinski definition) is 1. The molecular formula is C12H9FO2S. The maximum Gasteiger partial charge on any atom is 0.336 e. The first-order valence-corrected chi connectivity index (χ1v) is 5.55. The smallest absolute Gasteiger partial charge is 0.336 e. The van der Waals surface area contributed by atoms with Gasteiger partial charge in [-0.1, -0.05) is 18.2 Å². The van der Waals surface area contributed by atoms with Crippen LogP contribution in [0, 0.1) is 12.7 Å². The summed E-state index contributed by atoms with van der Waals surface area (Å²) >= 11 is 1.25. The van der Waals surface area contributed by atoms with Gasteiger partial charge < -0.3 is 5.11 Å². The summed E-state index contributed by atoms with van der Waals surface area (Å²) < 4.78 is 13.5. The molecule has 1 heterocycles. The van der Waals surface area contributed by atoms with E-state index in [1.807, 2.05) is 0 Å². The van der Waals surface area contributed by atoms with E-state index >= 15 is 0 Å². The lowest BCUT2D eigenvalue weighted by molar-refractivity contribution is 0.0697. The standard InChI is InChI=1S/C12H9FO2S/c1-7-9(12(14)15)6-16-11(7)8-4-2-3-5-10(8)13/h2-6H,1H3,(H,14,15). The van der Waals surface area contributed by atoms with E-state index in [1.165, 1.54) is 17.4 Å². The van der Waals surface area contributed by atoms with Gasteiger partial charge in [0.15, 0.2) is 0 Å². The molecule has 1 aromatic heterocycles. The Balaban J connectivity index is 2.58. The van der Waals surface area contributed by atoms with E-state index in [0.717, 1.165) is 0 Å². The van der Waals surface area contributed by atoms with Gasteiger partial charge in [-0.2, -0.15) is 0 Å². The van der Waals surface area contributed by atoms with Crippen molar-refractivity contribution in [3.8, 4) is 10.4 Å². The molecule has 0 aliphatic carbocycles. The summed E-state index contributed by atoms with van der Waals surface area (Å²) in [6, 6.07) is 6.37. The van der Waals surface area contributed by atoms with E-state index in [0.29, 0.717) is 16.0 Å². The minimum Gasteiger partial charge on any atom is -0.478 e. The molecule has 0 aliphatic rings. The summed E-state index contributed by atoms with van der Waals surface area (Å²) in [5.74, 6) is -1.30. The Labute approximate surface area is 96.0 Å². The Bertz CT molecular complexity index is 546. The number of carbonyl (C=O) groups is 1. The first-order valence-electron chi connectivity index (χ1n) is 4.67. The highest BCUT2D eigenvalue weighted by Crippen LogP contribution is 2.33. The number of halogens is 1. The van der Waals surface area contributed by atoms with E-state index < -0.39 is 5.97 Å². The van der Waals surface area contributed by atoms with Crippen LogP contribution in [0.2, 0.25) is 0 Å². The van der Waals surface area contributed by atoms with Gasteiger partial charge in [0.05, 0.1) is 5.56 Å². The van der Waals surface area contributed by atoms with Crippen molar-refractivity contribution >= 4 is 17.3 Å². The number of hydrogen-bond acceptors (Lipinski definition) is 2. The summed E-state index contributed by atoms with van der Waals surface area (Å²) in [4.78, 5) is 11.5. The fraction of sp³-hybridized carbons (Fsp3) is 0.0833. The van der Waals surface area contributed by atoms with Gasteiger partial charge in [0, 0.05) is 15.8 Å². The van der Waals surface area contributed by atoms with Gasteiger partial charge >= 0.3 is 5.97 Å². The molecule has 0 atom stereocenters. The summed E-state index contributed by atoms with van der Waals surface area (Å²) in [7, 11) is 0. The Hall–Kier alpha value is -1.68. The fourth-order valence-electron chi connectivity index (χ4n) is 1.54. The Morgan fingerprint density at radius 3 is 2.62 bits per heavy atom. The summed E-state index contributed by atoms with van der Waals surface area (Å²) in [5, 5.41) is 10.4. The average Bonchev–Trinajstić information content (AvgIpc) is 2.61. The van der Waals surface area contributed by atoms with Crippen molar-refractivity contribution in [3.63, 3.8) is 0 Å². The molecule has 4 heteroatoms. The predicted molar refractivity (Wildman–Crippen MR) is 61.4 cm³/mol. The van der Waals surface area contributed by atoms with Crippen LogP contribution in [-0.2, 0) is 0 Å². The molecule has 2 aromatic rings. The van der Waals surface area contributed by atoms with Crippen molar-refractivity contribution in [2.24, 2.45) is 0 Å². The Morgan fingerprint density at radius 2 is 2.06 bits per heavy atom. The first-order chi connectivity index (χ1) is 7.61. The van der Waals surface area contributed by atoms with Gasteiger partial charge in [-0.25, -0.2) is 9.18 Å².